The molecule has 4 aromatic carbocycles. The van der Waals surface area contributed by atoms with E-state index in [4.69, 9.17) is 9.47 Å². The maximum absolute atomic E-state index is 13.5. The summed E-state index contributed by atoms with van der Waals surface area (Å²) in [5, 5.41) is 5.20. The predicted octanol–water partition coefficient (Wildman–Crippen LogP) is 6.57. The first-order chi connectivity index (χ1) is 18.0. The second-order valence-electron chi connectivity index (χ2n) is 7.95. The van der Waals surface area contributed by atoms with Crippen molar-refractivity contribution in [2.75, 3.05) is 24.9 Å². The van der Waals surface area contributed by atoms with Crippen molar-refractivity contribution in [1.82, 2.24) is 0 Å². The second kappa shape index (κ2) is 12.1. The SMILES string of the molecule is COc1ccc(OC)c(NC(=O)C(Sc2ccc(NC(=O)c3ccc(F)cc3)cc2)c2ccccc2)c1. The normalized spacial score (nSPS) is 11.3. The van der Waals surface area contributed by atoms with E-state index in [-0.39, 0.29) is 11.8 Å². The number of halogens is 1. The Balaban J connectivity index is 1.51. The summed E-state index contributed by atoms with van der Waals surface area (Å²) in [5.41, 5.74) is 2.28. The maximum Gasteiger partial charge on any atom is 0.255 e. The highest BCUT2D eigenvalue weighted by atomic mass is 32.2. The number of methoxy groups -OCH3 is 2. The zero-order chi connectivity index (χ0) is 26.2. The highest BCUT2D eigenvalue weighted by molar-refractivity contribution is 8.00. The summed E-state index contributed by atoms with van der Waals surface area (Å²) in [5.74, 6) is 0.149. The Labute approximate surface area is 218 Å². The molecule has 0 aliphatic rings. The molecule has 4 rings (SSSR count). The molecule has 0 aliphatic heterocycles. The van der Waals surface area contributed by atoms with Crippen LogP contribution in [0.25, 0.3) is 0 Å². The van der Waals surface area contributed by atoms with Gasteiger partial charge in [-0.1, -0.05) is 30.3 Å². The molecule has 188 valence electrons. The molecule has 8 heteroatoms. The number of nitrogens with one attached hydrogen (secondary N) is 2. The van der Waals surface area contributed by atoms with E-state index in [1.165, 1.54) is 43.1 Å². The van der Waals surface area contributed by atoms with Crippen LogP contribution in [-0.4, -0.2) is 26.0 Å². The lowest BCUT2D eigenvalue weighted by atomic mass is 10.1. The largest absolute Gasteiger partial charge is 0.497 e. The summed E-state index contributed by atoms with van der Waals surface area (Å²) < 4.78 is 23.8. The Morgan fingerprint density at radius 3 is 2.16 bits per heavy atom. The van der Waals surface area contributed by atoms with Crippen molar-refractivity contribution in [2.45, 2.75) is 10.1 Å². The number of rotatable bonds is 9. The number of hydrogen-bond acceptors (Lipinski definition) is 5. The van der Waals surface area contributed by atoms with Crippen molar-refractivity contribution in [3.8, 4) is 11.5 Å². The first kappa shape index (κ1) is 25.8. The highest BCUT2D eigenvalue weighted by Gasteiger charge is 2.23. The lowest BCUT2D eigenvalue weighted by Gasteiger charge is -2.19. The van der Waals surface area contributed by atoms with E-state index in [0.717, 1.165) is 10.5 Å². The van der Waals surface area contributed by atoms with Crippen LogP contribution in [0.3, 0.4) is 0 Å². The molecule has 0 bridgehead atoms. The van der Waals surface area contributed by atoms with Gasteiger partial charge >= 0.3 is 0 Å². The minimum atomic E-state index is -0.559. The molecule has 37 heavy (non-hydrogen) atoms. The fraction of sp³-hybridized carbons (Fsp3) is 0.103. The number of benzene rings is 4. The summed E-state index contributed by atoms with van der Waals surface area (Å²) in [4.78, 5) is 26.7. The number of thioether (sulfide) groups is 1. The van der Waals surface area contributed by atoms with Gasteiger partial charge in [-0.2, -0.15) is 0 Å². The molecule has 2 amide bonds. The third kappa shape index (κ3) is 6.68. The predicted molar refractivity (Wildman–Crippen MR) is 144 cm³/mol. The van der Waals surface area contributed by atoms with E-state index in [0.29, 0.717) is 28.4 Å². The molecule has 1 unspecified atom stereocenters. The zero-order valence-corrected chi connectivity index (χ0v) is 21.1. The zero-order valence-electron chi connectivity index (χ0n) is 20.2. The van der Waals surface area contributed by atoms with Crippen LogP contribution in [0.1, 0.15) is 21.2 Å². The van der Waals surface area contributed by atoms with Gasteiger partial charge in [0.15, 0.2) is 0 Å². The summed E-state index contributed by atoms with van der Waals surface area (Å²) in [6, 6.07) is 27.2. The Morgan fingerprint density at radius 2 is 1.51 bits per heavy atom. The molecule has 0 saturated heterocycles. The molecule has 0 heterocycles. The third-order valence-electron chi connectivity index (χ3n) is 5.48. The highest BCUT2D eigenvalue weighted by Crippen LogP contribution is 2.38. The van der Waals surface area contributed by atoms with Crippen LogP contribution in [0.4, 0.5) is 15.8 Å². The van der Waals surface area contributed by atoms with E-state index in [2.05, 4.69) is 10.6 Å². The molecule has 0 aliphatic carbocycles. The molecular weight excluding hydrogens is 491 g/mol. The van der Waals surface area contributed by atoms with Gasteiger partial charge in [-0.15, -0.1) is 11.8 Å². The van der Waals surface area contributed by atoms with Crippen LogP contribution in [0.2, 0.25) is 0 Å². The fourth-order valence-corrected chi connectivity index (χ4v) is 4.59. The molecule has 1 atom stereocenters. The van der Waals surface area contributed by atoms with Gasteiger partial charge in [0.2, 0.25) is 5.91 Å². The van der Waals surface area contributed by atoms with E-state index in [9.17, 15) is 14.0 Å². The van der Waals surface area contributed by atoms with E-state index >= 15 is 0 Å². The van der Waals surface area contributed by atoms with E-state index < -0.39 is 11.1 Å². The first-order valence-electron chi connectivity index (χ1n) is 11.4. The number of amides is 2. The molecular formula is C29H25FN2O4S. The molecule has 4 aromatic rings. The average molecular weight is 517 g/mol. The number of hydrogen-bond donors (Lipinski definition) is 2. The molecule has 2 N–H and O–H groups in total. The van der Waals surface area contributed by atoms with Crippen molar-refractivity contribution >= 4 is 35.0 Å². The minimum Gasteiger partial charge on any atom is -0.497 e. The lowest BCUT2D eigenvalue weighted by molar-refractivity contribution is -0.115. The second-order valence-corrected chi connectivity index (χ2v) is 9.13. The van der Waals surface area contributed by atoms with Crippen molar-refractivity contribution < 1.29 is 23.5 Å². The van der Waals surface area contributed by atoms with Crippen molar-refractivity contribution in [3.05, 3.63) is 114 Å². The summed E-state index contributed by atoms with van der Waals surface area (Å²) in [6.07, 6.45) is 0. The van der Waals surface area contributed by atoms with Crippen LogP contribution in [0.5, 0.6) is 11.5 Å². The van der Waals surface area contributed by atoms with Crippen molar-refractivity contribution in [3.63, 3.8) is 0 Å². The van der Waals surface area contributed by atoms with Gasteiger partial charge in [-0.3, -0.25) is 9.59 Å². The van der Waals surface area contributed by atoms with Gasteiger partial charge in [-0.05, 0) is 66.2 Å². The number of carbonyl (C=O) groups excluding carboxylic acids is 2. The van der Waals surface area contributed by atoms with E-state index in [1.54, 1.807) is 37.4 Å². The average Bonchev–Trinajstić information content (AvgIpc) is 2.93. The lowest BCUT2D eigenvalue weighted by Crippen LogP contribution is -2.19. The smallest absolute Gasteiger partial charge is 0.255 e. The number of ether oxygens (including phenoxy) is 2. The molecule has 0 fully saturated rings. The molecule has 6 nitrogen and oxygen atoms in total. The standard InChI is InChI=1S/C29H25FN2O4S/c1-35-23-14-17-26(36-2)25(18-23)32-29(34)27(19-6-4-3-5-7-19)37-24-15-12-22(13-16-24)31-28(33)20-8-10-21(30)11-9-20/h3-18,27H,1-2H3,(H,31,33)(H,32,34). The van der Waals surface area contributed by atoms with E-state index in [1.807, 2.05) is 42.5 Å². The molecule has 0 aromatic heterocycles. The van der Waals surface area contributed by atoms with Crippen LogP contribution in [0.15, 0.2) is 102 Å². The summed E-state index contributed by atoms with van der Waals surface area (Å²) >= 11 is 1.38. The Hall–Kier alpha value is -4.30. The monoisotopic (exact) mass is 516 g/mol. The molecule has 0 radical (unpaired) electrons. The Bertz CT molecular complexity index is 1360. The first-order valence-corrected chi connectivity index (χ1v) is 12.3. The van der Waals surface area contributed by atoms with Gasteiger partial charge in [0, 0.05) is 22.2 Å². The maximum atomic E-state index is 13.5. The summed E-state index contributed by atoms with van der Waals surface area (Å²) in [6.45, 7) is 0. The van der Waals surface area contributed by atoms with Crippen LogP contribution >= 0.6 is 11.8 Å². The number of anilines is 2. The Morgan fingerprint density at radius 1 is 0.811 bits per heavy atom. The molecule has 0 saturated carbocycles. The van der Waals surface area contributed by atoms with Crippen molar-refractivity contribution in [1.29, 1.82) is 0 Å². The van der Waals surface area contributed by atoms with Crippen molar-refractivity contribution in [2.24, 2.45) is 0 Å². The van der Waals surface area contributed by atoms with Gasteiger partial charge < -0.3 is 20.1 Å². The molecule has 0 spiro atoms. The minimum absolute atomic E-state index is 0.226. The quantitative estimate of drug-likeness (QED) is 0.246. The topological polar surface area (TPSA) is 76.7 Å². The van der Waals surface area contributed by atoms with Crippen LogP contribution < -0.4 is 20.1 Å². The van der Waals surface area contributed by atoms with Gasteiger partial charge in [0.05, 0.1) is 19.9 Å². The summed E-state index contributed by atoms with van der Waals surface area (Å²) in [7, 11) is 3.10. The van der Waals surface area contributed by atoms with Gasteiger partial charge in [0.25, 0.3) is 5.91 Å². The van der Waals surface area contributed by atoms with Gasteiger partial charge in [0.1, 0.15) is 22.6 Å². The number of carbonyl (C=O) groups is 2. The third-order valence-corrected chi connectivity index (χ3v) is 6.74. The van der Waals surface area contributed by atoms with Crippen LogP contribution in [-0.2, 0) is 4.79 Å². The fourth-order valence-electron chi connectivity index (χ4n) is 3.57. The van der Waals surface area contributed by atoms with Gasteiger partial charge in [-0.25, -0.2) is 4.39 Å². The van der Waals surface area contributed by atoms with Crippen LogP contribution in [0, 0.1) is 5.82 Å². The Kier molecular flexibility index (Phi) is 8.43.